The molecule has 0 aromatic heterocycles. The number of unbranched alkanes of at least 4 members (excludes halogenated alkanes) is 2. The molecule has 4 rings (SSSR count). The van der Waals surface area contributed by atoms with E-state index in [0.717, 1.165) is 49.7 Å². The number of nitrogens with one attached hydrogen (secondary N) is 1. The second-order valence-corrected chi connectivity index (χ2v) is 10.1. The topological polar surface area (TPSA) is 29.1 Å². The molecular weight excluding hydrogens is 438 g/mol. The van der Waals surface area contributed by atoms with Crippen LogP contribution in [0.15, 0.2) is 96.4 Å². The molecule has 1 N–H and O–H groups in total. The van der Waals surface area contributed by atoms with Crippen molar-refractivity contribution in [1.82, 2.24) is 5.32 Å². The summed E-state index contributed by atoms with van der Waals surface area (Å²) in [5.74, 6) is 0.403. The Morgan fingerprint density at radius 1 is 0.917 bits per heavy atom. The summed E-state index contributed by atoms with van der Waals surface area (Å²) >= 11 is 0. The summed E-state index contributed by atoms with van der Waals surface area (Å²) in [7, 11) is 1.68. The van der Waals surface area contributed by atoms with Crippen molar-refractivity contribution in [2.75, 3.05) is 7.05 Å². The minimum atomic E-state index is -0.0702. The van der Waals surface area contributed by atoms with Gasteiger partial charge in [0, 0.05) is 25.4 Å². The van der Waals surface area contributed by atoms with E-state index in [1.165, 1.54) is 22.3 Å². The number of amides is 1. The van der Waals surface area contributed by atoms with Gasteiger partial charge in [-0.1, -0.05) is 95.7 Å². The quantitative estimate of drug-likeness (QED) is 0.231. The predicted octanol–water partition coefficient (Wildman–Crippen LogP) is 8.20. The zero-order valence-corrected chi connectivity index (χ0v) is 21.8. The fourth-order valence-corrected chi connectivity index (χ4v) is 4.91. The van der Waals surface area contributed by atoms with Gasteiger partial charge >= 0.3 is 0 Å². The second-order valence-electron chi connectivity index (χ2n) is 10.1. The van der Waals surface area contributed by atoms with Crippen LogP contribution in [0.4, 0.5) is 0 Å². The molecule has 0 aliphatic heterocycles. The number of hydrogen-bond donors (Lipinski definition) is 1. The van der Waals surface area contributed by atoms with Crippen molar-refractivity contribution in [3.05, 3.63) is 130 Å². The van der Waals surface area contributed by atoms with Crippen LogP contribution in [-0.4, -0.2) is 13.0 Å². The smallest absolute Gasteiger partial charge is 0.251 e. The van der Waals surface area contributed by atoms with Crippen molar-refractivity contribution in [1.29, 1.82) is 0 Å². The molecular formula is C34H39NO. The van der Waals surface area contributed by atoms with Crippen molar-refractivity contribution >= 4 is 5.91 Å². The van der Waals surface area contributed by atoms with E-state index >= 15 is 0 Å². The molecule has 0 heterocycles. The summed E-state index contributed by atoms with van der Waals surface area (Å²) in [5.41, 5.74) is 13.7. The molecule has 36 heavy (non-hydrogen) atoms. The fraction of sp³-hybridized carbons (Fsp3) is 0.324. The number of carbonyl (C=O) groups excluding carboxylic acids is 1. The van der Waals surface area contributed by atoms with Crippen molar-refractivity contribution in [3.63, 3.8) is 0 Å². The second kappa shape index (κ2) is 11.9. The Kier molecular flexibility index (Phi) is 8.44. The average Bonchev–Trinajstić information content (AvgIpc) is 3.70. The van der Waals surface area contributed by atoms with Gasteiger partial charge in [-0.05, 0) is 80.9 Å². The summed E-state index contributed by atoms with van der Waals surface area (Å²) in [4.78, 5) is 12.3. The summed E-state index contributed by atoms with van der Waals surface area (Å²) < 4.78 is 0. The van der Waals surface area contributed by atoms with Gasteiger partial charge in [0.15, 0.2) is 0 Å². The van der Waals surface area contributed by atoms with Gasteiger partial charge in [-0.3, -0.25) is 4.79 Å². The molecule has 1 aliphatic rings. The number of carbonyl (C=O) groups is 1. The van der Waals surface area contributed by atoms with Crippen molar-refractivity contribution in [3.8, 4) is 0 Å². The molecule has 3 aromatic carbocycles. The molecule has 1 aliphatic carbocycles. The highest BCUT2D eigenvalue weighted by atomic mass is 16.1. The van der Waals surface area contributed by atoms with E-state index in [1.807, 2.05) is 18.2 Å². The molecule has 186 valence electrons. The van der Waals surface area contributed by atoms with E-state index in [2.05, 4.69) is 97.4 Å². The molecule has 1 amide bonds. The fourth-order valence-electron chi connectivity index (χ4n) is 4.91. The average molecular weight is 478 g/mol. The van der Waals surface area contributed by atoms with Gasteiger partial charge in [0.05, 0.1) is 0 Å². The van der Waals surface area contributed by atoms with Gasteiger partial charge < -0.3 is 5.32 Å². The minimum absolute atomic E-state index is 0. The van der Waals surface area contributed by atoms with E-state index in [1.54, 1.807) is 7.05 Å². The molecule has 1 fully saturated rings. The molecule has 0 bridgehead atoms. The SMILES string of the molecule is CNC(=O)c1ccccc1C1(C=C=C=CCCCCC(c2ccc(C)cc2)c2ccc(C)cc2)CC1.[HH]. The number of allylic oxidation sites excluding steroid dienone is 2. The molecule has 0 unspecified atom stereocenters. The first kappa shape index (κ1) is 25.5. The normalized spacial score (nSPS) is 13.4. The first-order valence-electron chi connectivity index (χ1n) is 13.1. The van der Waals surface area contributed by atoms with Gasteiger partial charge in [-0.15, -0.1) is 0 Å². The van der Waals surface area contributed by atoms with Crippen molar-refractivity contribution < 1.29 is 6.22 Å². The monoisotopic (exact) mass is 477 g/mol. The maximum absolute atomic E-state index is 12.3. The Morgan fingerprint density at radius 2 is 1.53 bits per heavy atom. The summed E-state index contributed by atoms with van der Waals surface area (Å²) in [6, 6.07) is 25.9. The third kappa shape index (κ3) is 6.35. The zero-order valence-electron chi connectivity index (χ0n) is 21.8. The number of rotatable bonds is 10. The number of aryl methyl sites for hydroxylation is 2. The minimum Gasteiger partial charge on any atom is -0.355 e. The Morgan fingerprint density at radius 3 is 2.11 bits per heavy atom. The molecule has 0 spiro atoms. The van der Waals surface area contributed by atoms with E-state index in [9.17, 15) is 4.79 Å². The third-order valence-corrected chi connectivity index (χ3v) is 7.31. The zero-order chi connectivity index (χ0) is 25.4. The Balaban J connectivity index is 0.00000380. The summed E-state index contributed by atoms with van der Waals surface area (Å²) in [6.45, 7) is 4.29. The third-order valence-electron chi connectivity index (χ3n) is 7.31. The predicted molar refractivity (Wildman–Crippen MR) is 152 cm³/mol. The largest absolute Gasteiger partial charge is 0.355 e. The Hall–Kier alpha value is -3.57. The molecule has 2 nitrogen and oxygen atoms in total. The summed E-state index contributed by atoms with van der Waals surface area (Å²) in [5, 5.41) is 2.76. The lowest BCUT2D eigenvalue weighted by atomic mass is 9.86. The van der Waals surface area contributed by atoms with E-state index in [0.29, 0.717) is 5.92 Å². The van der Waals surface area contributed by atoms with Crippen LogP contribution in [0.2, 0.25) is 0 Å². The molecule has 0 radical (unpaired) electrons. The molecule has 2 heteroatoms. The van der Waals surface area contributed by atoms with Gasteiger partial charge in [-0.2, -0.15) is 0 Å². The van der Waals surface area contributed by atoms with Gasteiger partial charge in [0.1, 0.15) is 0 Å². The highest BCUT2D eigenvalue weighted by molar-refractivity contribution is 5.96. The first-order valence-corrected chi connectivity index (χ1v) is 13.1. The van der Waals surface area contributed by atoms with Gasteiger partial charge in [0.2, 0.25) is 0 Å². The van der Waals surface area contributed by atoms with Crippen LogP contribution in [0, 0.1) is 13.8 Å². The van der Waals surface area contributed by atoms with E-state index < -0.39 is 0 Å². The Bertz CT molecular complexity index is 1230. The standard InChI is InChI=1S/C34H37NO.H2/c1-26-15-19-28(20-16-26)30(29-21-17-27(2)18-22-29)12-8-6-4-5-7-11-23-34(24-25-34)32-14-10-9-13-31(32)33(36)35-3;/h5,9-10,13-23,30H,4,6,8,12,24-25H2,1-3H3,(H,35,36);1H. The van der Waals surface area contributed by atoms with Crippen LogP contribution < -0.4 is 5.32 Å². The number of hydrogen-bond acceptors (Lipinski definition) is 1. The van der Waals surface area contributed by atoms with Crippen molar-refractivity contribution in [2.45, 2.75) is 63.7 Å². The van der Waals surface area contributed by atoms with E-state index in [-0.39, 0.29) is 12.7 Å². The molecule has 0 atom stereocenters. The highest BCUT2D eigenvalue weighted by Crippen LogP contribution is 2.50. The van der Waals surface area contributed by atoms with Crippen LogP contribution in [-0.2, 0) is 5.41 Å². The molecule has 0 saturated heterocycles. The maximum Gasteiger partial charge on any atom is 0.251 e. The molecule has 3 aromatic rings. The lowest BCUT2D eigenvalue weighted by Crippen LogP contribution is -2.21. The maximum atomic E-state index is 12.3. The number of benzene rings is 3. The van der Waals surface area contributed by atoms with Crippen LogP contribution in [0.25, 0.3) is 0 Å². The van der Waals surface area contributed by atoms with Crippen LogP contribution in [0.1, 0.15) is 84.0 Å². The first-order chi connectivity index (χ1) is 17.5. The summed E-state index contributed by atoms with van der Waals surface area (Å²) in [6.07, 6.45) is 10.7. The van der Waals surface area contributed by atoms with E-state index in [4.69, 9.17) is 0 Å². The van der Waals surface area contributed by atoms with Crippen LogP contribution in [0.3, 0.4) is 0 Å². The van der Waals surface area contributed by atoms with Gasteiger partial charge in [0.25, 0.3) is 5.91 Å². The lowest BCUT2D eigenvalue weighted by Gasteiger charge is -2.18. The van der Waals surface area contributed by atoms with Gasteiger partial charge in [-0.25, -0.2) is 0 Å². The highest BCUT2D eigenvalue weighted by Gasteiger charge is 2.44. The van der Waals surface area contributed by atoms with Crippen molar-refractivity contribution in [2.24, 2.45) is 0 Å². The molecule has 1 saturated carbocycles. The van der Waals surface area contributed by atoms with Crippen LogP contribution >= 0.6 is 0 Å². The Labute approximate surface area is 218 Å². The van der Waals surface area contributed by atoms with Crippen LogP contribution in [0.5, 0.6) is 0 Å². The lowest BCUT2D eigenvalue weighted by molar-refractivity contribution is 0.0961.